The molecule has 1 heteroatoms. The van der Waals surface area contributed by atoms with Crippen LogP contribution in [0.1, 0.15) is 55.8 Å². The van der Waals surface area contributed by atoms with Crippen LogP contribution in [0.25, 0.3) is 0 Å². The number of hydrogen-bond donors (Lipinski definition) is 1. The molecular weight excluding hydrogens is 206 g/mol. The molecule has 2 unspecified atom stereocenters. The minimum Gasteiger partial charge on any atom is -0.313 e. The standard InChI is InChI=1S/C16H27N/c1-6-8-12(2)11-15(17-5)16-13(3)9-7-10-14(16)4/h7,9-10,12,15,17H,6,8,11H2,1-5H3. The van der Waals surface area contributed by atoms with Crippen LogP contribution in [-0.4, -0.2) is 7.05 Å². The van der Waals surface area contributed by atoms with Crippen molar-refractivity contribution in [3.8, 4) is 0 Å². The SMILES string of the molecule is CCCC(C)CC(NC)c1c(C)cccc1C. The van der Waals surface area contributed by atoms with E-state index in [1.807, 2.05) is 0 Å². The Hall–Kier alpha value is -0.820. The van der Waals surface area contributed by atoms with Gasteiger partial charge in [-0.15, -0.1) is 0 Å². The first-order valence-electron chi connectivity index (χ1n) is 6.83. The Kier molecular flexibility index (Phi) is 5.70. The third-order valence-electron chi connectivity index (χ3n) is 3.66. The lowest BCUT2D eigenvalue weighted by Gasteiger charge is -2.24. The average molecular weight is 233 g/mol. The molecule has 0 radical (unpaired) electrons. The van der Waals surface area contributed by atoms with Gasteiger partial charge in [0.15, 0.2) is 0 Å². The van der Waals surface area contributed by atoms with Crippen molar-refractivity contribution in [2.24, 2.45) is 5.92 Å². The van der Waals surface area contributed by atoms with Gasteiger partial charge in [-0.2, -0.15) is 0 Å². The van der Waals surface area contributed by atoms with Gasteiger partial charge in [-0.25, -0.2) is 0 Å². The second-order valence-corrected chi connectivity index (χ2v) is 5.28. The van der Waals surface area contributed by atoms with Crippen molar-refractivity contribution >= 4 is 0 Å². The third-order valence-corrected chi connectivity index (χ3v) is 3.66. The maximum Gasteiger partial charge on any atom is 0.0325 e. The van der Waals surface area contributed by atoms with E-state index in [4.69, 9.17) is 0 Å². The summed E-state index contributed by atoms with van der Waals surface area (Å²) < 4.78 is 0. The molecule has 2 atom stereocenters. The second-order valence-electron chi connectivity index (χ2n) is 5.28. The molecule has 1 nitrogen and oxygen atoms in total. The average Bonchev–Trinajstić information content (AvgIpc) is 2.27. The van der Waals surface area contributed by atoms with Gasteiger partial charge in [0.1, 0.15) is 0 Å². The van der Waals surface area contributed by atoms with Gasteiger partial charge in [0.25, 0.3) is 0 Å². The summed E-state index contributed by atoms with van der Waals surface area (Å²) in [5.41, 5.74) is 4.32. The summed E-state index contributed by atoms with van der Waals surface area (Å²) in [7, 11) is 2.08. The maximum absolute atomic E-state index is 3.49. The van der Waals surface area contributed by atoms with Crippen molar-refractivity contribution in [2.75, 3.05) is 7.05 Å². The van der Waals surface area contributed by atoms with Crippen molar-refractivity contribution in [3.05, 3.63) is 34.9 Å². The predicted octanol–water partition coefficient (Wildman–Crippen LogP) is 4.39. The number of rotatable bonds is 6. The molecule has 0 amide bonds. The Labute approximate surface area is 107 Å². The topological polar surface area (TPSA) is 12.0 Å². The maximum atomic E-state index is 3.49. The molecule has 0 spiro atoms. The molecule has 0 aliphatic heterocycles. The number of benzene rings is 1. The monoisotopic (exact) mass is 233 g/mol. The Morgan fingerprint density at radius 2 is 1.76 bits per heavy atom. The van der Waals surface area contributed by atoms with E-state index in [1.54, 1.807) is 0 Å². The summed E-state index contributed by atoms with van der Waals surface area (Å²) in [6.07, 6.45) is 3.84. The fourth-order valence-electron chi connectivity index (χ4n) is 2.77. The Balaban J connectivity index is 2.86. The summed E-state index contributed by atoms with van der Waals surface area (Å²) in [6, 6.07) is 7.09. The van der Waals surface area contributed by atoms with Crippen LogP contribution in [0, 0.1) is 19.8 Å². The van der Waals surface area contributed by atoms with Gasteiger partial charge in [0.2, 0.25) is 0 Å². The molecule has 0 aliphatic carbocycles. The zero-order valence-corrected chi connectivity index (χ0v) is 12.0. The van der Waals surface area contributed by atoms with E-state index in [2.05, 4.69) is 58.3 Å². The molecule has 0 saturated carbocycles. The summed E-state index contributed by atoms with van der Waals surface area (Å²) in [4.78, 5) is 0. The normalized spacial score (nSPS) is 14.6. The van der Waals surface area contributed by atoms with Crippen molar-refractivity contribution in [1.82, 2.24) is 5.32 Å². The number of nitrogens with one attached hydrogen (secondary N) is 1. The third kappa shape index (κ3) is 3.85. The summed E-state index contributed by atoms with van der Waals surface area (Å²) in [5.74, 6) is 0.788. The predicted molar refractivity (Wildman–Crippen MR) is 76.4 cm³/mol. The zero-order chi connectivity index (χ0) is 12.8. The first kappa shape index (κ1) is 14.2. The van der Waals surface area contributed by atoms with E-state index in [1.165, 1.54) is 36.0 Å². The van der Waals surface area contributed by atoms with Gasteiger partial charge in [0.05, 0.1) is 0 Å². The highest BCUT2D eigenvalue weighted by atomic mass is 14.9. The van der Waals surface area contributed by atoms with Gasteiger partial charge in [-0.05, 0) is 49.9 Å². The highest BCUT2D eigenvalue weighted by Crippen LogP contribution is 2.28. The summed E-state index contributed by atoms with van der Waals surface area (Å²) in [5, 5.41) is 3.49. The van der Waals surface area contributed by atoms with E-state index >= 15 is 0 Å². The molecule has 0 heterocycles. The Morgan fingerprint density at radius 3 is 2.24 bits per heavy atom. The van der Waals surface area contributed by atoms with Crippen LogP contribution in [0.2, 0.25) is 0 Å². The van der Waals surface area contributed by atoms with E-state index in [9.17, 15) is 0 Å². The molecule has 1 N–H and O–H groups in total. The molecule has 1 aromatic carbocycles. The van der Waals surface area contributed by atoms with Crippen LogP contribution >= 0.6 is 0 Å². The van der Waals surface area contributed by atoms with Crippen LogP contribution in [0.15, 0.2) is 18.2 Å². The largest absolute Gasteiger partial charge is 0.313 e. The first-order valence-corrected chi connectivity index (χ1v) is 6.83. The van der Waals surface area contributed by atoms with Crippen LogP contribution in [0.3, 0.4) is 0 Å². The molecule has 0 aromatic heterocycles. The van der Waals surface area contributed by atoms with Crippen LogP contribution in [-0.2, 0) is 0 Å². The lowest BCUT2D eigenvalue weighted by molar-refractivity contribution is 0.405. The summed E-state index contributed by atoms with van der Waals surface area (Å²) in [6.45, 7) is 9.07. The molecule has 96 valence electrons. The van der Waals surface area contributed by atoms with Gasteiger partial charge >= 0.3 is 0 Å². The minimum absolute atomic E-state index is 0.498. The molecule has 0 bridgehead atoms. The molecule has 0 fully saturated rings. The van der Waals surface area contributed by atoms with E-state index in [0.29, 0.717) is 6.04 Å². The molecule has 0 saturated heterocycles. The number of hydrogen-bond acceptors (Lipinski definition) is 1. The molecule has 17 heavy (non-hydrogen) atoms. The minimum atomic E-state index is 0.498. The first-order chi connectivity index (χ1) is 8.10. The second kappa shape index (κ2) is 6.80. The van der Waals surface area contributed by atoms with E-state index < -0.39 is 0 Å². The zero-order valence-electron chi connectivity index (χ0n) is 12.0. The lowest BCUT2D eigenvalue weighted by Crippen LogP contribution is -2.21. The Morgan fingerprint density at radius 1 is 1.18 bits per heavy atom. The van der Waals surface area contributed by atoms with Crippen molar-refractivity contribution in [3.63, 3.8) is 0 Å². The van der Waals surface area contributed by atoms with Gasteiger partial charge < -0.3 is 5.32 Å². The van der Waals surface area contributed by atoms with Crippen LogP contribution in [0.5, 0.6) is 0 Å². The molecule has 1 aromatic rings. The van der Waals surface area contributed by atoms with Crippen molar-refractivity contribution in [2.45, 2.75) is 53.0 Å². The summed E-state index contributed by atoms with van der Waals surface area (Å²) >= 11 is 0. The number of aryl methyl sites for hydroxylation is 2. The van der Waals surface area contributed by atoms with Crippen molar-refractivity contribution < 1.29 is 0 Å². The molecule has 0 aliphatic rings. The van der Waals surface area contributed by atoms with Crippen LogP contribution in [0.4, 0.5) is 0 Å². The highest BCUT2D eigenvalue weighted by molar-refractivity contribution is 5.36. The van der Waals surface area contributed by atoms with Crippen molar-refractivity contribution in [1.29, 1.82) is 0 Å². The quantitative estimate of drug-likeness (QED) is 0.768. The fraction of sp³-hybridized carbons (Fsp3) is 0.625. The molecular formula is C16H27N. The molecule has 1 rings (SSSR count). The highest BCUT2D eigenvalue weighted by Gasteiger charge is 2.16. The lowest BCUT2D eigenvalue weighted by atomic mass is 9.88. The van der Waals surface area contributed by atoms with Gasteiger partial charge in [-0.1, -0.05) is 44.9 Å². The Bertz CT molecular complexity index is 323. The van der Waals surface area contributed by atoms with E-state index in [-0.39, 0.29) is 0 Å². The van der Waals surface area contributed by atoms with Gasteiger partial charge in [0, 0.05) is 6.04 Å². The smallest absolute Gasteiger partial charge is 0.0325 e. The van der Waals surface area contributed by atoms with Crippen LogP contribution < -0.4 is 5.32 Å². The van der Waals surface area contributed by atoms with Gasteiger partial charge in [-0.3, -0.25) is 0 Å². The van der Waals surface area contributed by atoms with E-state index in [0.717, 1.165) is 5.92 Å². The fourth-order valence-corrected chi connectivity index (χ4v) is 2.77.